The van der Waals surface area contributed by atoms with E-state index in [1.807, 2.05) is 6.92 Å². The van der Waals surface area contributed by atoms with Crippen LogP contribution in [0.25, 0.3) is 11.0 Å². The van der Waals surface area contributed by atoms with Crippen molar-refractivity contribution in [2.75, 3.05) is 18.0 Å². The van der Waals surface area contributed by atoms with Gasteiger partial charge in [-0.3, -0.25) is 4.79 Å². The zero-order chi connectivity index (χ0) is 17.6. The molecule has 24 heavy (non-hydrogen) atoms. The molecule has 1 atom stereocenters. The third-order valence-corrected chi connectivity index (χ3v) is 5.51. The second-order valence-corrected chi connectivity index (χ2v) is 8.87. The first-order valence-electron chi connectivity index (χ1n) is 8.35. The summed E-state index contributed by atoms with van der Waals surface area (Å²) < 4.78 is 20.1. The van der Waals surface area contributed by atoms with E-state index in [4.69, 9.17) is 4.42 Å². The second kappa shape index (κ2) is 6.17. The van der Waals surface area contributed by atoms with Gasteiger partial charge in [-0.2, -0.15) is 0 Å². The monoisotopic (exact) mass is 395 g/mol. The standard InChI is InChI=1S/C19H23BrFNO2/c1-11-16(23)15-10-13(21)9-14(12(2)20)17(15)24-18(11)22-7-5-19(3,4)6-8-22/h9-10,12H,5-8H2,1-4H3. The normalized spacial score (nSPS) is 18.8. The molecule has 3 rings (SSSR count). The molecular formula is C19H23BrFNO2. The summed E-state index contributed by atoms with van der Waals surface area (Å²) in [4.78, 5) is 14.8. The molecule has 0 spiro atoms. The van der Waals surface area contributed by atoms with Crippen LogP contribution in [0.15, 0.2) is 21.3 Å². The van der Waals surface area contributed by atoms with Gasteiger partial charge in [0.05, 0.1) is 10.9 Å². The summed E-state index contributed by atoms with van der Waals surface area (Å²) in [5.74, 6) is 0.215. The van der Waals surface area contributed by atoms with Crippen molar-refractivity contribution in [3.05, 3.63) is 39.3 Å². The number of piperidine rings is 1. The van der Waals surface area contributed by atoms with Crippen LogP contribution in [0.4, 0.5) is 10.3 Å². The molecule has 130 valence electrons. The van der Waals surface area contributed by atoms with Crippen LogP contribution in [-0.2, 0) is 0 Å². The smallest absolute Gasteiger partial charge is 0.202 e. The summed E-state index contributed by atoms with van der Waals surface area (Å²) >= 11 is 3.47. The Bertz CT molecular complexity index is 831. The van der Waals surface area contributed by atoms with Crippen LogP contribution in [0.1, 0.15) is 49.6 Å². The zero-order valence-corrected chi connectivity index (χ0v) is 16.2. The lowest BCUT2D eigenvalue weighted by molar-refractivity contribution is 0.274. The van der Waals surface area contributed by atoms with Crippen molar-refractivity contribution in [1.82, 2.24) is 0 Å². The van der Waals surface area contributed by atoms with Gasteiger partial charge in [-0.05, 0) is 44.2 Å². The van der Waals surface area contributed by atoms with E-state index >= 15 is 0 Å². The first-order valence-corrected chi connectivity index (χ1v) is 9.27. The fourth-order valence-electron chi connectivity index (χ4n) is 3.28. The maximum absolute atomic E-state index is 13.9. The molecule has 0 aliphatic carbocycles. The predicted molar refractivity (Wildman–Crippen MR) is 99.7 cm³/mol. The molecule has 2 heterocycles. The third-order valence-electron chi connectivity index (χ3n) is 5.02. The Kier molecular flexibility index (Phi) is 4.49. The van der Waals surface area contributed by atoms with E-state index in [1.54, 1.807) is 6.92 Å². The SMILES string of the molecule is Cc1c(N2CCC(C)(C)CC2)oc2c(C(C)Br)cc(F)cc2c1=O. The van der Waals surface area contributed by atoms with Gasteiger partial charge in [0.2, 0.25) is 5.88 Å². The lowest BCUT2D eigenvalue weighted by Crippen LogP contribution is -2.38. The van der Waals surface area contributed by atoms with Crippen LogP contribution < -0.4 is 10.3 Å². The van der Waals surface area contributed by atoms with Crippen molar-refractivity contribution < 1.29 is 8.81 Å². The van der Waals surface area contributed by atoms with E-state index in [9.17, 15) is 9.18 Å². The predicted octanol–water partition coefficient (Wildman–Crippen LogP) is 5.32. The van der Waals surface area contributed by atoms with Crippen molar-refractivity contribution in [1.29, 1.82) is 0 Å². The van der Waals surface area contributed by atoms with E-state index in [2.05, 4.69) is 34.7 Å². The van der Waals surface area contributed by atoms with Gasteiger partial charge in [0, 0.05) is 23.5 Å². The fourth-order valence-corrected chi connectivity index (χ4v) is 3.62. The molecule has 1 aromatic heterocycles. The molecule has 1 unspecified atom stereocenters. The Labute approximate surface area is 150 Å². The summed E-state index contributed by atoms with van der Waals surface area (Å²) in [6.07, 6.45) is 2.11. The molecular weight excluding hydrogens is 373 g/mol. The largest absolute Gasteiger partial charge is 0.440 e. The fraction of sp³-hybridized carbons (Fsp3) is 0.526. The second-order valence-electron chi connectivity index (χ2n) is 7.50. The highest BCUT2D eigenvalue weighted by molar-refractivity contribution is 9.09. The maximum atomic E-state index is 13.9. The van der Waals surface area contributed by atoms with E-state index in [0.717, 1.165) is 25.9 Å². The number of nitrogens with zero attached hydrogens (tertiary/aromatic N) is 1. The molecule has 0 radical (unpaired) electrons. The van der Waals surface area contributed by atoms with E-state index in [0.29, 0.717) is 33.4 Å². The van der Waals surface area contributed by atoms with E-state index in [-0.39, 0.29) is 10.3 Å². The van der Waals surface area contributed by atoms with Gasteiger partial charge in [0.15, 0.2) is 5.43 Å². The Hall–Kier alpha value is -1.36. The van der Waals surface area contributed by atoms with Crippen molar-refractivity contribution in [3.8, 4) is 0 Å². The van der Waals surface area contributed by atoms with Crippen molar-refractivity contribution in [2.45, 2.75) is 45.4 Å². The van der Waals surface area contributed by atoms with Crippen LogP contribution in [0.5, 0.6) is 0 Å². The molecule has 5 heteroatoms. The molecule has 0 N–H and O–H groups in total. The van der Waals surface area contributed by atoms with Crippen molar-refractivity contribution >= 4 is 32.8 Å². The van der Waals surface area contributed by atoms with Gasteiger partial charge >= 0.3 is 0 Å². The highest BCUT2D eigenvalue weighted by Crippen LogP contribution is 2.36. The average molecular weight is 396 g/mol. The number of benzene rings is 1. The first kappa shape index (κ1) is 17.5. The minimum Gasteiger partial charge on any atom is -0.440 e. The van der Waals surface area contributed by atoms with Gasteiger partial charge in [0.25, 0.3) is 0 Å². The number of fused-ring (bicyclic) bond motifs is 1. The lowest BCUT2D eigenvalue weighted by atomic mass is 9.82. The molecule has 3 nitrogen and oxygen atoms in total. The molecule has 1 fully saturated rings. The molecule has 1 saturated heterocycles. The first-order chi connectivity index (χ1) is 11.2. The Morgan fingerprint density at radius 2 is 1.92 bits per heavy atom. The number of hydrogen-bond donors (Lipinski definition) is 0. The van der Waals surface area contributed by atoms with Crippen molar-refractivity contribution in [3.63, 3.8) is 0 Å². The summed E-state index contributed by atoms with van der Waals surface area (Å²) in [7, 11) is 0. The third kappa shape index (κ3) is 3.10. The van der Waals surface area contributed by atoms with Gasteiger partial charge in [-0.1, -0.05) is 29.8 Å². The Morgan fingerprint density at radius 3 is 2.50 bits per heavy atom. The average Bonchev–Trinajstić information content (AvgIpc) is 2.51. The summed E-state index contributed by atoms with van der Waals surface area (Å²) in [5.41, 5.74) is 1.88. The van der Waals surface area contributed by atoms with E-state index in [1.165, 1.54) is 12.1 Å². The quantitative estimate of drug-likeness (QED) is 0.644. The highest BCUT2D eigenvalue weighted by atomic mass is 79.9. The minimum absolute atomic E-state index is 0.102. The Balaban J connectivity index is 2.17. The topological polar surface area (TPSA) is 33.5 Å². The number of halogens is 2. The summed E-state index contributed by atoms with van der Waals surface area (Å²) in [6, 6.07) is 2.71. The number of rotatable bonds is 2. The van der Waals surface area contributed by atoms with Gasteiger partial charge in [-0.25, -0.2) is 4.39 Å². The molecule has 1 aromatic carbocycles. The van der Waals surface area contributed by atoms with E-state index < -0.39 is 5.82 Å². The molecule has 0 saturated carbocycles. The highest BCUT2D eigenvalue weighted by Gasteiger charge is 2.28. The molecule has 1 aliphatic heterocycles. The van der Waals surface area contributed by atoms with Gasteiger partial charge < -0.3 is 9.32 Å². The van der Waals surface area contributed by atoms with Crippen LogP contribution in [0.2, 0.25) is 0 Å². The molecule has 2 aromatic rings. The molecule has 0 bridgehead atoms. The Morgan fingerprint density at radius 1 is 1.29 bits per heavy atom. The molecule has 0 amide bonds. The number of anilines is 1. The minimum atomic E-state index is -0.414. The van der Waals surface area contributed by atoms with Gasteiger partial charge in [0.1, 0.15) is 11.4 Å². The summed E-state index contributed by atoms with van der Waals surface area (Å²) in [6.45, 7) is 9.92. The number of alkyl halides is 1. The number of hydrogen-bond acceptors (Lipinski definition) is 3. The summed E-state index contributed by atoms with van der Waals surface area (Å²) in [5, 5.41) is 0.315. The molecule has 1 aliphatic rings. The van der Waals surface area contributed by atoms with Crippen LogP contribution >= 0.6 is 15.9 Å². The lowest BCUT2D eigenvalue weighted by Gasteiger charge is -2.37. The van der Waals surface area contributed by atoms with Crippen LogP contribution in [0.3, 0.4) is 0 Å². The zero-order valence-electron chi connectivity index (χ0n) is 14.6. The van der Waals surface area contributed by atoms with Crippen LogP contribution in [-0.4, -0.2) is 13.1 Å². The van der Waals surface area contributed by atoms with Crippen molar-refractivity contribution in [2.24, 2.45) is 5.41 Å². The maximum Gasteiger partial charge on any atom is 0.202 e. The van der Waals surface area contributed by atoms with Gasteiger partial charge in [-0.15, -0.1) is 0 Å². The van der Waals surface area contributed by atoms with Crippen LogP contribution in [0, 0.1) is 18.2 Å².